The zero-order valence-electron chi connectivity index (χ0n) is 10.2. The van der Waals surface area contributed by atoms with E-state index in [4.69, 9.17) is 0 Å². The Balaban J connectivity index is 2.02. The highest BCUT2D eigenvalue weighted by molar-refractivity contribution is 5.41. The van der Waals surface area contributed by atoms with Crippen LogP contribution in [0.3, 0.4) is 0 Å². The van der Waals surface area contributed by atoms with E-state index >= 15 is 0 Å². The van der Waals surface area contributed by atoms with Crippen molar-refractivity contribution in [3.8, 4) is 0 Å². The summed E-state index contributed by atoms with van der Waals surface area (Å²) in [7, 11) is 0. The van der Waals surface area contributed by atoms with Gasteiger partial charge in [-0.15, -0.1) is 0 Å². The minimum Gasteiger partial charge on any atom is -0.303 e. The molecule has 1 atom stereocenters. The van der Waals surface area contributed by atoms with E-state index in [-0.39, 0.29) is 0 Å². The summed E-state index contributed by atoms with van der Waals surface area (Å²) >= 11 is 0. The van der Waals surface area contributed by atoms with Gasteiger partial charge in [0.25, 0.3) is 0 Å². The van der Waals surface area contributed by atoms with Crippen molar-refractivity contribution in [2.45, 2.75) is 38.5 Å². The number of rotatable bonds is 1. The third-order valence-electron chi connectivity index (χ3n) is 4.32. The Morgan fingerprint density at radius 1 is 1.25 bits per heavy atom. The van der Waals surface area contributed by atoms with Crippen molar-refractivity contribution in [2.24, 2.45) is 0 Å². The summed E-state index contributed by atoms with van der Waals surface area (Å²) in [6.07, 6.45) is 5.36. The highest BCUT2D eigenvalue weighted by atomic mass is 15.1. The summed E-state index contributed by atoms with van der Waals surface area (Å²) in [6, 6.07) is 6.97. The lowest BCUT2D eigenvalue weighted by Gasteiger charge is -2.28. The van der Waals surface area contributed by atoms with Crippen LogP contribution in [0.5, 0.6) is 0 Å². The Hall–Kier alpha value is -0.820. The molecule has 1 nitrogen and oxygen atoms in total. The quantitative estimate of drug-likeness (QED) is 0.696. The molecule has 1 aromatic carbocycles. The third-order valence-corrected chi connectivity index (χ3v) is 4.32. The summed E-state index contributed by atoms with van der Waals surface area (Å²) in [5.74, 6) is 0.822. The molecule has 0 bridgehead atoms. The van der Waals surface area contributed by atoms with E-state index in [0.717, 1.165) is 5.92 Å². The second-order valence-electron chi connectivity index (χ2n) is 5.22. The van der Waals surface area contributed by atoms with Crippen LogP contribution in [0.2, 0.25) is 0 Å². The second kappa shape index (κ2) is 4.21. The summed E-state index contributed by atoms with van der Waals surface area (Å²) < 4.78 is 0. The maximum atomic E-state index is 2.62. The third kappa shape index (κ3) is 1.67. The van der Waals surface area contributed by atoms with Gasteiger partial charge >= 0.3 is 0 Å². The van der Waals surface area contributed by atoms with Crippen LogP contribution in [0, 0.1) is 0 Å². The molecule has 1 aliphatic carbocycles. The molecule has 2 aliphatic rings. The SMILES string of the molecule is CCN1CCc2cccc3c2[C@H](CCC3)C1. The molecule has 0 unspecified atom stereocenters. The van der Waals surface area contributed by atoms with Crippen LogP contribution in [-0.4, -0.2) is 24.5 Å². The molecular weight excluding hydrogens is 194 g/mol. The molecule has 0 N–H and O–H groups in total. The summed E-state index contributed by atoms with van der Waals surface area (Å²) in [4.78, 5) is 2.62. The Kier molecular flexibility index (Phi) is 2.72. The maximum Gasteiger partial charge on any atom is 0.00505 e. The van der Waals surface area contributed by atoms with Crippen LogP contribution in [0.15, 0.2) is 18.2 Å². The topological polar surface area (TPSA) is 3.24 Å². The standard InChI is InChI=1S/C15H21N/c1-2-16-10-9-13-7-3-5-12-6-4-8-14(11-16)15(12)13/h3,5,7,14H,2,4,6,8-11H2,1H3/t14-/m1/s1. The number of hydrogen-bond donors (Lipinski definition) is 0. The lowest BCUT2D eigenvalue weighted by Crippen LogP contribution is -2.29. The highest BCUT2D eigenvalue weighted by Gasteiger charge is 2.26. The van der Waals surface area contributed by atoms with E-state index < -0.39 is 0 Å². The first kappa shape index (κ1) is 10.3. The molecule has 0 spiro atoms. The number of likely N-dealkylation sites (N-methyl/N-ethyl adjacent to an activating group) is 1. The van der Waals surface area contributed by atoms with Gasteiger partial charge in [-0.25, -0.2) is 0 Å². The molecule has 0 saturated heterocycles. The Labute approximate surface area is 98.5 Å². The lowest BCUT2D eigenvalue weighted by atomic mass is 9.80. The normalized spacial score (nSPS) is 24.9. The average Bonchev–Trinajstić information content (AvgIpc) is 2.51. The van der Waals surface area contributed by atoms with E-state index in [0.29, 0.717) is 0 Å². The average molecular weight is 215 g/mol. The smallest absolute Gasteiger partial charge is 0.00505 e. The van der Waals surface area contributed by atoms with Crippen molar-refractivity contribution in [3.05, 3.63) is 34.9 Å². The molecule has 86 valence electrons. The molecule has 0 radical (unpaired) electrons. The molecule has 0 aromatic heterocycles. The maximum absolute atomic E-state index is 2.62. The van der Waals surface area contributed by atoms with Crippen LogP contribution in [-0.2, 0) is 12.8 Å². The second-order valence-corrected chi connectivity index (χ2v) is 5.22. The fraction of sp³-hybridized carbons (Fsp3) is 0.600. The molecule has 1 aliphatic heterocycles. The summed E-state index contributed by atoms with van der Waals surface area (Å²) in [5, 5.41) is 0. The van der Waals surface area contributed by atoms with Crippen LogP contribution in [0.4, 0.5) is 0 Å². The van der Waals surface area contributed by atoms with E-state index in [9.17, 15) is 0 Å². The molecule has 1 heterocycles. The number of hydrogen-bond acceptors (Lipinski definition) is 1. The van der Waals surface area contributed by atoms with Gasteiger partial charge in [0, 0.05) is 13.1 Å². The Morgan fingerprint density at radius 2 is 2.06 bits per heavy atom. The zero-order valence-corrected chi connectivity index (χ0v) is 10.2. The van der Waals surface area contributed by atoms with Crippen LogP contribution < -0.4 is 0 Å². The Bertz CT molecular complexity index is 383. The van der Waals surface area contributed by atoms with E-state index in [1.165, 1.54) is 45.3 Å². The molecular formula is C15H21N. The first-order chi connectivity index (χ1) is 7.88. The molecule has 1 aromatic rings. The van der Waals surface area contributed by atoms with E-state index in [1.54, 1.807) is 16.7 Å². The van der Waals surface area contributed by atoms with Crippen molar-refractivity contribution >= 4 is 0 Å². The minimum atomic E-state index is 0.822. The monoisotopic (exact) mass is 215 g/mol. The van der Waals surface area contributed by atoms with E-state index in [1.807, 2.05) is 0 Å². The number of nitrogens with zero attached hydrogens (tertiary/aromatic N) is 1. The van der Waals surface area contributed by atoms with Gasteiger partial charge in [-0.1, -0.05) is 25.1 Å². The van der Waals surface area contributed by atoms with Gasteiger partial charge in [0.15, 0.2) is 0 Å². The highest BCUT2D eigenvalue weighted by Crippen LogP contribution is 2.36. The predicted octanol–water partition coefficient (Wildman–Crippen LogP) is 2.98. The van der Waals surface area contributed by atoms with Crippen molar-refractivity contribution in [1.82, 2.24) is 4.90 Å². The predicted molar refractivity (Wildman–Crippen MR) is 67.9 cm³/mol. The van der Waals surface area contributed by atoms with Crippen molar-refractivity contribution in [2.75, 3.05) is 19.6 Å². The lowest BCUT2D eigenvalue weighted by molar-refractivity contribution is 0.273. The van der Waals surface area contributed by atoms with Gasteiger partial charge in [0.2, 0.25) is 0 Å². The minimum absolute atomic E-state index is 0.822. The fourth-order valence-electron chi connectivity index (χ4n) is 3.46. The van der Waals surface area contributed by atoms with Crippen LogP contribution in [0.25, 0.3) is 0 Å². The molecule has 0 fully saturated rings. The summed E-state index contributed by atoms with van der Waals surface area (Å²) in [6.45, 7) is 6.05. The van der Waals surface area contributed by atoms with Gasteiger partial charge in [0.05, 0.1) is 0 Å². The molecule has 16 heavy (non-hydrogen) atoms. The molecule has 0 amide bonds. The van der Waals surface area contributed by atoms with Crippen molar-refractivity contribution < 1.29 is 0 Å². The molecule has 3 rings (SSSR count). The zero-order chi connectivity index (χ0) is 11.0. The van der Waals surface area contributed by atoms with Gasteiger partial charge in [-0.3, -0.25) is 0 Å². The number of benzene rings is 1. The summed E-state index contributed by atoms with van der Waals surface area (Å²) in [5.41, 5.74) is 5.01. The van der Waals surface area contributed by atoms with E-state index in [2.05, 4.69) is 30.0 Å². The first-order valence-corrected chi connectivity index (χ1v) is 6.71. The van der Waals surface area contributed by atoms with Crippen LogP contribution >= 0.6 is 0 Å². The van der Waals surface area contributed by atoms with Gasteiger partial charge in [-0.05, 0) is 54.8 Å². The van der Waals surface area contributed by atoms with Gasteiger partial charge in [0.1, 0.15) is 0 Å². The van der Waals surface area contributed by atoms with Gasteiger partial charge < -0.3 is 4.90 Å². The molecule has 1 heteroatoms. The first-order valence-electron chi connectivity index (χ1n) is 6.71. The van der Waals surface area contributed by atoms with Crippen molar-refractivity contribution in [3.63, 3.8) is 0 Å². The fourth-order valence-corrected chi connectivity index (χ4v) is 3.46. The largest absolute Gasteiger partial charge is 0.303 e. The number of aryl methyl sites for hydroxylation is 1. The molecule has 0 saturated carbocycles. The van der Waals surface area contributed by atoms with Gasteiger partial charge in [-0.2, -0.15) is 0 Å². The Morgan fingerprint density at radius 3 is 2.88 bits per heavy atom. The van der Waals surface area contributed by atoms with Crippen molar-refractivity contribution in [1.29, 1.82) is 0 Å². The van der Waals surface area contributed by atoms with Crippen LogP contribution in [0.1, 0.15) is 42.4 Å².